The van der Waals surface area contributed by atoms with Gasteiger partial charge in [-0.25, -0.2) is 13.1 Å². The summed E-state index contributed by atoms with van der Waals surface area (Å²) >= 11 is 0. The van der Waals surface area contributed by atoms with Crippen molar-refractivity contribution in [2.75, 3.05) is 13.7 Å². The zero-order valence-electron chi connectivity index (χ0n) is 14.6. The Morgan fingerprint density at radius 1 is 1.08 bits per heavy atom. The van der Waals surface area contributed by atoms with Crippen LogP contribution in [0.1, 0.15) is 11.1 Å². The van der Waals surface area contributed by atoms with Crippen molar-refractivity contribution in [2.24, 2.45) is 0 Å². The highest BCUT2D eigenvalue weighted by atomic mass is 32.2. The van der Waals surface area contributed by atoms with Gasteiger partial charge < -0.3 is 9.30 Å². The predicted molar refractivity (Wildman–Crippen MR) is 99.6 cm³/mol. The van der Waals surface area contributed by atoms with E-state index in [1.54, 1.807) is 12.1 Å². The number of nitrogens with one attached hydrogen (secondary N) is 1. The molecule has 0 aliphatic heterocycles. The Labute approximate surface area is 148 Å². The minimum Gasteiger partial charge on any atom is -0.495 e. The first-order chi connectivity index (χ1) is 11.9. The number of hydrogen-bond acceptors (Lipinski definition) is 3. The fourth-order valence-corrected chi connectivity index (χ4v) is 4.10. The summed E-state index contributed by atoms with van der Waals surface area (Å²) < 4.78 is 35.3. The van der Waals surface area contributed by atoms with Crippen molar-refractivity contribution in [1.29, 1.82) is 0 Å². The summed E-state index contributed by atoms with van der Waals surface area (Å²) in [5.74, 6) is 0.363. The topological polar surface area (TPSA) is 60.3 Å². The number of fused-ring (bicyclic) bond motifs is 1. The first-order valence-corrected chi connectivity index (χ1v) is 9.59. The van der Waals surface area contributed by atoms with Gasteiger partial charge >= 0.3 is 0 Å². The van der Waals surface area contributed by atoms with Crippen LogP contribution in [0.25, 0.3) is 10.9 Å². The van der Waals surface area contributed by atoms with E-state index in [2.05, 4.69) is 4.72 Å². The van der Waals surface area contributed by atoms with Crippen molar-refractivity contribution in [3.05, 3.63) is 59.8 Å². The fourth-order valence-electron chi connectivity index (χ4n) is 2.85. The SMILES string of the molecule is COc1cc(C)c(C)cc1S(=O)(=O)NCCn1ccc2ccccc21. The molecule has 0 radical (unpaired) electrons. The predicted octanol–water partition coefficient (Wildman–Crippen LogP) is 3.25. The summed E-state index contributed by atoms with van der Waals surface area (Å²) in [4.78, 5) is 0.176. The van der Waals surface area contributed by atoms with Gasteiger partial charge in [-0.2, -0.15) is 0 Å². The van der Waals surface area contributed by atoms with E-state index in [4.69, 9.17) is 4.74 Å². The summed E-state index contributed by atoms with van der Waals surface area (Å²) in [7, 11) is -2.16. The van der Waals surface area contributed by atoms with Gasteiger partial charge in [0.2, 0.25) is 10.0 Å². The Hall–Kier alpha value is -2.31. The van der Waals surface area contributed by atoms with Crippen LogP contribution in [0.15, 0.2) is 53.6 Å². The van der Waals surface area contributed by atoms with E-state index in [1.807, 2.05) is 54.9 Å². The molecule has 6 heteroatoms. The molecule has 3 rings (SSSR count). The third-order valence-corrected chi connectivity index (χ3v) is 5.88. The lowest BCUT2D eigenvalue weighted by Gasteiger charge is -2.13. The molecule has 0 atom stereocenters. The van der Waals surface area contributed by atoms with Crippen LogP contribution in [0, 0.1) is 13.8 Å². The van der Waals surface area contributed by atoms with E-state index in [0.29, 0.717) is 18.8 Å². The second-order valence-electron chi connectivity index (χ2n) is 6.05. The summed E-state index contributed by atoms with van der Waals surface area (Å²) in [5, 5.41) is 1.14. The maximum absolute atomic E-state index is 12.7. The molecular weight excluding hydrogens is 336 g/mol. The second-order valence-corrected chi connectivity index (χ2v) is 7.79. The number of aromatic nitrogens is 1. The van der Waals surface area contributed by atoms with Gasteiger partial charge in [-0.1, -0.05) is 18.2 Å². The van der Waals surface area contributed by atoms with E-state index in [-0.39, 0.29) is 4.90 Å². The van der Waals surface area contributed by atoms with Crippen molar-refractivity contribution in [3.8, 4) is 5.75 Å². The van der Waals surface area contributed by atoms with Gasteiger partial charge in [0, 0.05) is 24.8 Å². The first-order valence-electron chi connectivity index (χ1n) is 8.11. The molecule has 0 aliphatic rings. The molecule has 5 nitrogen and oxygen atoms in total. The maximum atomic E-state index is 12.7. The summed E-state index contributed by atoms with van der Waals surface area (Å²) in [6.07, 6.45) is 1.97. The smallest absolute Gasteiger partial charge is 0.244 e. The standard InChI is InChI=1S/C19H22N2O3S/c1-14-12-18(24-3)19(13-15(14)2)25(22,23)20-9-11-21-10-8-16-6-4-5-7-17(16)21/h4-8,10,12-13,20H,9,11H2,1-3H3. The van der Waals surface area contributed by atoms with Gasteiger partial charge in [0.1, 0.15) is 10.6 Å². The number of benzene rings is 2. The Kier molecular flexibility index (Phi) is 4.83. The average Bonchev–Trinajstić information content (AvgIpc) is 3.00. The van der Waals surface area contributed by atoms with Crippen molar-refractivity contribution < 1.29 is 13.2 Å². The van der Waals surface area contributed by atoms with E-state index in [1.165, 1.54) is 7.11 Å². The van der Waals surface area contributed by atoms with Crippen LogP contribution in [0.5, 0.6) is 5.75 Å². The molecule has 132 valence electrons. The number of aryl methyl sites for hydroxylation is 2. The molecular formula is C19H22N2O3S. The molecule has 1 heterocycles. The number of rotatable bonds is 6. The van der Waals surface area contributed by atoms with Crippen LogP contribution in [-0.4, -0.2) is 26.6 Å². The molecule has 0 amide bonds. The molecule has 0 fully saturated rings. The Balaban J connectivity index is 1.77. The molecule has 0 aliphatic carbocycles. The lowest BCUT2D eigenvalue weighted by atomic mass is 10.1. The summed E-state index contributed by atoms with van der Waals surface area (Å²) in [6.45, 7) is 4.68. The molecule has 1 aromatic heterocycles. The number of hydrogen-bond donors (Lipinski definition) is 1. The van der Waals surface area contributed by atoms with E-state index < -0.39 is 10.0 Å². The highest BCUT2D eigenvalue weighted by molar-refractivity contribution is 7.89. The number of methoxy groups -OCH3 is 1. The molecule has 1 N–H and O–H groups in total. The molecule has 3 aromatic rings. The minimum atomic E-state index is -3.64. The van der Waals surface area contributed by atoms with Gasteiger partial charge in [0.15, 0.2) is 0 Å². The highest BCUT2D eigenvalue weighted by Gasteiger charge is 2.20. The normalized spacial score (nSPS) is 11.8. The van der Waals surface area contributed by atoms with Crippen LogP contribution in [0.3, 0.4) is 0 Å². The number of sulfonamides is 1. The monoisotopic (exact) mass is 358 g/mol. The Morgan fingerprint density at radius 3 is 2.56 bits per heavy atom. The zero-order valence-corrected chi connectivity index (χ0v) is 15.4. The lowest BCUT2D eigenvalue weighted by molar-refractivity contribution is 0.401. The minimum absolute atomic E-state index is 0.176. The molecule has 0 saturated carbocycles. The van der Waals surface area contributed by atoms with Gasteiger partial charge in [-0.3, -0.25) is 0 Å². The highest BCUT2D eigenvalue weighted by Crippen LogP contribution is 2.27. The number of nitrogens with zero attached hydrogens (tertiary/aromatic N) is 1. The van der Waals surface area contributed by atoms with Crippen LogP contribution < -0.4 is 9.46 Å². The molecule has 0 saturated heterocycles. The van der Waals surface area contributed by atoms with Gasteiger partial charge in [-0.05, 0) is 54.6 Å². The Bertz CT molecular complexity index is 1010. The van der Waals surface area contributed by atoms with Gasteiger partial charge in [0.05, 0.1) is 7.11 Å². The molecule has 0 spiro atoms. The van der Waals surface area contributed by atoms with Crippen molar-refractivity contribution in [3.63, 3.8) is 0 Å². The fraction of sp³-hybridized carbons (Fsp3) is 0.263. The molecule has 0 unspecified atom stereocenters. The van der Waals surface area contributed by atoms with Crippen molar-refractivity contribution in [2.45, 2.75) is 25.3 Å². The number of para-hydroxylation sites is 1. The van der Waals surface area contributed by atoms with Crippen LogP contribution in [-0.2, 0) is 16.6 Å². The van der Waals surface area contributed by atoms with Crippen molar-refractivity contribution in [1.82, 2.24) is 9.29 Å². The Morgan fingerprint density at radius 2 is 1.80 bits per heavy atom. The summed E-state index contributed by atoms with van der Waals surface area (Å²) in [6, 6.07) is 13.5. The van der Waals surface area contributed by atoms with E-state index in [0.717, 1.165) is 22.0 Å². The third kappa shape index (κ3) is 3.55. The third-order valence-electron chi connectivity index (χ3n) is 4.39. The lowest BCUT2D eigenvalue weighted by Crippen LogP contribution is -2.27. The van der Waals surface area contributed by atoms with Gasteiger partial charge in [0.25, 0.3) is 0 Å². The number of ether oxygens (including phenoxy) is 1. The molecule has 0 bridgehead atoms. The summed E-state index contributed by atoms with van der Waals surface area (Å²) in [5.41, 5.74) is 3.00. The average molecular weight is 358 g/mol. The largest absolute Gasteiger partial charge is 0.495 e. The van der Waals surface area contributed by atoms with Crippen LogP contribution in [0.4, 0.5) is 0 Å². The van der Waals surface area contributed by atoms with Crippen molar-refractivity contribution >= 4 is 20.9 Å². The first kappa shape index (κ1) is 17.5. The van der Waals surface area contributed by atoms with Gasteiger partial charge in [-0.15, -0.1) is 0 Å². The quantitative estimate of drug-likeness (QED) is 0.736. The van der Waals surface area contributed by atoms with E-state index >= 15 is 0 Å². The molecule has 25 heavy (non-hydrogen) atoms. The van der Waals surface area contributed by atoms with Crippen LogP contribution >= 0.6 is 0 Å². The molecule has 2 aromatic carbocycles. The van der Waals surface area contributed by atoms with E-state index in [9.17, 15) is 8.42 Å². The maximum Gasteiger partial charge on any atom is 0.244 e. The van der Waals surface area contributed by atoms with Crippen LogP contribution in [0.2, 0.25) is 0 Å². The second kappa shape index (κ2) is 6.90. The zero-order chi connectivity index (χ0) is 18.0.